The SMILES string of the molecule is Cc1cccc(NC(=O)c2cc(OCC(=O)N3CCCC3)n(C)n2)n1. The molecule has 1 aliphatic rings. The van der Waals surface area contributed by atoms with E-state index in [0.29, 0.717) is 11.7 Å². The van der Waals surface area contributed by atoms with Crippen LogP contribution in [0.4, 0.5) is 5.82 Å². The molecule has 0 radical (unpaired) electrons. The molecule has 3 rings (SSSR count). The van der Waals surface area contributed by atoms with Gasteiger partial charge in [0.15, 0.2) is 12.3 Å². The highest BCUT2D eigenvalue weighted by molar-refractivity contribution is 6.02. The van der Waals surface area contributed by atoms with Crippen LogP contribution in [0.25, 0.3) is 0 Å². The number of hydrogen-bond acceptors (Lipinski definition) is 5. The lowest BCUT2D eigenvalue weighted by Crippen LogP contribution is -2.32. The van der Waals surface area contributed by atoms with Crippen LogP contribution in [0.15, 0.2) is 24.3 Å². The minimum absolute atomic E-state index is 0.0475. The predicted molar refractivity (Wildman–Crippen MR) is 91.4 cm³/mol. The minimum atomic E-state index is -0.380. The van der Waals surface area contributed by atoms with E-state index in [-0.39, 0.29) is 24.1 Å². The third-order valence-corrected chi connectivity index (χ3v) is 4.00. The Morgan fingerprint density at radius 2 is 2.04 bits per heavy atom. The Balaban J connectivity index is 1.61. The Morgan fingerprint density at radius 1 is 1.28 bits per heavy atom. The normalized spacial score (nSPS) is 13.8. The molecule has 1 saturated heterocycles. The van der Waals surface area contributed by atoms with Gasteiger partial charge in [0.1, 0.15) is 5.82 Å². The van der Waals surface area contributed by atoms with Crippen molar-refractivity contribution in [3.05, 3.63) is 35.7 Å². The number of nitrogens with zero attached hydrogens (tertiary/aromatic N) is 4. The van der Waals surface area contributed by atoms with Gasteiger partial charge in [0.25, 0.3) is 11.8 Å². The van der Waals surface area contributed by atoms with Crippen LogP contribution < -0.4 is 10.1 Å². The molecule has 0 aromatic carbocycles. The highest BCUT2D eigenvalue weighted by atomic mass is 16.5. The number of aromatic nitrogens is 3. The van der Waals surface area contributed by atoms with E-state index in [1.54, 1.807) is 18.0 Å². The quantitative estimate of drug-likeness (QED) is 0.886. The van der Waals surface area contributed by atoms with Crippen LogP contribution >= 0.6 is 0 Å². The summed E-state index contributed by atoms with van der Waals surface area (Å²) in [5.74, 6) is 0.403. The van der Waals surface area contributed by atoms with Gasteiger partial charge in [0.2, 0.25) is 5.88 Å². The number of carbonyl (C=O) groups excluding carboxylic acids is 2. The Kier molecular flexibility index (Phi) is 4.97. The van der Waals surface area contributed by atoms with Crippen LogP contribution in [0.5, 0.6) is 5.88 Å². The summed E-state index contributed by atoms with van der Waals surface area (Å²) < 4.78 is 6.97. The van der Waals surface area contributed by atoms with Gasteiger partial charge < -0.3 is 15.0 Å². The molecule has 8 heteroatoms. The lowest BCUT2D eigenvalue weighted by Gasteiger charge is -2.15. The van der Waals surface area contributed by atoms with E-state index < -0.39 is 0 Å². The third kappa shape index (κ3) is 4.14. The molecule has 132 valence electrons. The molecule has 2 amide bonds. The lowest BCUT2D eigenvalue weighted by atomic mass is 10.3. The molecule has 0 saturated carbocycles. The average Bonchev–Trinajstić information content (AvgIpc) is 3.22. The highest BCUT2D eigenvalue weighted by Gasteiger charge is 2.20. The molecule has 1 fully saturated rings. The van der Waals surface area contributed by atoms with Crippen molar-refractivity contribution in [3.8, 4) is 5.88 Å². The number of likely N-dealkylation sites (tertiary alicyclic amines) is 1. The molecule has 2 aromatic rings. The van der Waals surface area contributed by atoms with Gasteiger partial charge in [-0.15, -0.1) is 0 Å². The van der Waals surface area contributed by atoms with Crippen molar-refractivity contribution in [1.29, 1.82) is 0 Å². The molecular formula is C17H21N5O3. The molecule has 0 bridgehead atoms. The largest absolute Gasteiger partial charge is 0.468 e. The van der Waals surface area contributed by atoms with E-state index in [4.69, 9.17) is 4.74 Å². The summed E-state index contributed by atoms with van der Waals surface area (Å²) >= 11 is 0. The first-order chi connectivity index (χ1) is 12.0. The molecule has 0 atom stereocenters. The molecule has 0 spiro atoms. The number of anilines is 1. The Labute approximate surface area is 145 Å². The van der Waals surface area contributed by atoms with Crippen LogP contribution in [0, 0.1) is 6.92 Å². The van der Waals surface area contributed by atoms with E-state index in [1.807, 2.05) is 19.1 Å². The standard InChI is InChI=1S/C17H21N5O3/c1-12-6-5-7-14(18-12)19-17(24)13-10-16(21(2)20-13)25-11-15(23)22-8-3-4-9-22/h5-7,10H,3-4,8-9,11H2,1-2H3,(H,18,19,24). The number of carbonyl (C=O) groups is 2. The molecule has 2 aromatic heterocycles. The Bertz CT molecular complexity index is 780. The van der Waals surface area contributed by atoms with Crippen LogP contribution in [0.1, 0.15) is 29.0 Å². The highest BCUT2D eigenvalue weighted by Crippen LogP contribution is 2.15. The van der Waals surface area contributed by atoms with E-state index in [0.717, 1.165) is 31.6 Å². The van der Waals surface area contributed by atoms with Crippen LogP contribution in [-0.2, 0) is 11.8 Å². The van der Waals surface area contributed by atoms with Gasteiger partial charge in [-0.2, -0.15) is 5.10 Å². The lowest BCUT2D eigenvalue weighted by molar-refractivity contribution is -0.132. The molecular weight excluding hydrogens is 322 g/mol. The van der Waals surface area contributed by atoms with Crippen molar-refractivity contribution in [1.82, 2.24) is 19.7 Å². The first-order valence-corrected chi connectivity index (χ1v) is 8.22. The zero-order valence-corrected chi connectivity index (χ0v) is 14.4. The maximum atomic E-state index is 12.3. The number of aryl methyl sites for hydroxylation is 2. The van der Waals surface area contributed by atoms with Gasteiger partial charge in [-0.1, -0.05) is 6.07 Å². The second-order valence-corrected chi connectivity index (χ2v) is 5.99. The smallest absolute Gasteiger partial charge is 0.277 e. The molecule has 3 heterocycles. The predicted octanol–water partition coefficient (Wildman–Crippen LogP) is 1.38. The summed E-state index contributed by atoms with van der Waals surface area (Å²) in [5, 5.41) is 6.82. The van der Waals surface area contributed by atoms with Crippen molar-refractivity contribution in [2.24, 2.45) is 7.05 Å². The molecule has 1 aliphatic heterocycles. The van der Waals surface area contributed by atoms with Gasteiger partial charge in [0, 0.05) is 31.9 Å². The maximum Gasteiger partial charge on any atom is 0.277 e. The third-order valence-electron chi connectivity index (χ3n) is 4.00. The summed E-state index contributed by atoms with van der Waals surface area (Å²) in [4.78, 5) is 30.3. The van der Waals surface area contributed by atoms with Gasteiger partial charge in [-0.05, 0) is 31.9 Å². The summed E-state index contributed by atoms with van der Waals surface area (Å²) in [6.45, 7) is 3.36. The summed E-state index contributed by atoms with van der Waals surface area (Å²) in [7, 11) is 1.66. The van der Waals surface area contributed by atoms with Crippen LogP contribution in [0.3, 0.4) is 0 Å². The molecule has 8 nitrogen and oxygen atoms in total. The second kappa shape index (κ2) is 7.33. The number of pyridine rings is 1. The molecule has 0 aliphatic carbocycles. The van der Waals surface area contributed by atoms with E-state index in [2.05, 4.69) is 15.4 Å². The summed E-state index contributed by atoms with van der Waals surface area (Å²) in [6, 6.07) is 6.89. The van der Waals surface area contributed by atoms with Gasteiger partial charge in [-0.3, -0.25) is 9.59 Å². The number of amides is 2. The minimum Gasteiger partial charge on any atom is -0.468 e. The van der Waals surface area contributed by atoms with Crippen molar-refractivity contribution in [2.45, 2.75) is 19.8 Å². The fourth-order valence-corrected chi connectivity index (χ4v) is 2.68. The monoisotopic (exact) mass is 343 g/mol. The van der Waals surface area contributed by atoms with E-state index in [1.165, 1.54) is 10.7 Å². The van der Waals surface area contributed by atoms with Gasteiger partial charge >= 0.3 is 0 Å². The second-order valence-electron chi connectivity index (χ2n) is 5.99. The Morgan fingerprint density at radius 3 is 2.76 bits per heavy atom. The van der Waals surface area contributed by atoms with Crippen LogP contribution in [0.2, 0.25) is 0 Å². The van der Waals surface area contributed by atoms with Crippen molar-refractivity contribution in [3.63, 3.8) is 0 Å². The van der Waals surface area contributed by atoms with Crippen molar-refractivity contribution < 1.29 is 14.3 Å². The first-order valence-electron chi connectivity index (χ1n) is 8.22. The number of hydrogen-bond donors (Lipinski definition) is 1. The van der Waals surface area contributed by atoms with Crippen LogP contribution in [-0.4, -0.2) is 51.2 Å². The maximum absolute atomic E-state index is 12.3. The Hall–Kier alpha value is -2.90. The van der Waals surface area contributed by atoms with E-state index >= 15 is 0 Å². The number of ether oxygens (including phenoxy) is 1. The number of nitrogens with one attached hydrogen (secondary N) is 1. The average molecular weight is 343 g/mol. The topological polar surface area (TPSA) is 89.4 Å². The van der Waals surface area contributed by atoms with E-state index in [9.17, 15) is 9.59 Å². The number of rotatable bonds is 5. The first kappa shape index (κ1) is 16.9. The zero-order valence-electron chi connectivity index (χ0n) is 14.4. The fraction of sp³-hybridized carbons (Fsp3) is 0.412. The van der Waals surface area contributed by atoms with Gasteiger partial charge in [0.05, 0.1) is 0 Å². The zero-order chi connectivity index (χ0) is 17.8. The molecule has 0 unspecified atom stereocenters. The summed E-state index contributed by atoms with van der Waals surface area (Å²) in [6.07, 6.45) is 2.07. The molecule has 25 heavy (non-hydrogen) atoms. The molecule has 1 N–H and O–H groups in total. The van der Waals surface area contributed by atoms with Crippen molar-refractivity contribution in [2.75, 3.05) is 25.0 Å². The summed E-state index contributed by atoms with van der Waals surface area (Å²) in [5.41, 5.74) is 1.01. The fourth-order valence-electron chi connectivity index (χ4n) is 2.68. The van der Waals surface area contributed by atoms with Gasteiger partial charge in [-0.25, -0.2) is 9.67 Å². The van der Waals surface area contributed by atoms with Crippen molar-refractivity contribution >= 4 is 17.6 Å².